The summed E-state index contributed by atoms with van der Waals surface area (Å²) in [6.45, 7) is 2.06. The van der Waals surface area contributed by atoms with Crippen LogP contribution in [0.3, 0.4) is 0 Å². The molecule has 0 saturated heterocycles. The Bertz CT molecular complexity index is 916. The molecule has 0 aliphatic rings. The first-order chi connectivity index (χ1) is 11.1. The van der Waals surface area contributed by atoms with Crippen molar-refractivity contribution in [2.75, 3.05) is 0 Å². The fourth-order valence-corrected chi connectivity index (χ4v) is 2.34. The molecule has 0 spiro atoms. The van der Waals surface area contributed by atoms with Crippen molar-refractivity contribution < 1.29 is 17.9 Å². The van der Waals surface area contributed by atoms with Crippen LogP contribution >= 0.6 is 0 Å². The van der Waals surface area contributed by atoms with Crippen LogP contribution in [0.15, 0.2) is 51.7 Å². The summed E-state index contributed by atoms with van der Waals surface area (Å²) in [7, 11) is 0. The van der Waals surface area contributed by atoms with Crippen LogP contribution in [0.25, 0.3) is 11.0 Å². The molecule has 0 bridgehead atoms. The maximum Gasteiger partial charge on any atom is 0.336 e. The van der Waals surface area contributed by atoms with Crippen LogP contribution in [-0.2, 0) is 13.0 Å². The lowest BCUT2D eigenvalue weighted by atomic mass is 10.1. The number of hydrogen-bond acceptors (Lipinski definition) is 3. The van der Waals surface area contributed by atoms with Crippen LogP contribution in [0.2, 0.25) is 0 Å². The van der Waals surface area contributed by atoms with E-state index in [0.717, 1.165) is 29.5 Å². The molecule has 3 aromatic rings. The molecule has 0 fully saturated rings. The molecule has 1 aromatic heterocycles. The van der Waals surface area contributed by atoms with E-state index in [-0.39, 0.29) is 12.4 Å². The van der Waals surface area contributed by atoms with Gasteiger partial charge in [-0.25, -0.2) is 13.6 Å². The third-order valence-electron chi connectivity index (χ3n) is 3.59. The Balaban J connectivity index is 1.93. The molecule has 0 radical (unpaired) electrons. The zero-order valence-corrected chi connectivity index (χ0v) is 12.4. The lowest BCUT2D eigenvalue weighted by Crippen LogP contribution is -2.04. The predicted molar refractivity (Wildman–Crippen MR) is 82.6 cm³/mol. The Morgan fingerprint density at radius 2 is 1.87 bits per heavy atom. The van der Waals surface area contributed by atoms with Gasteiger partial charge in [-0.15, -0.1) is 0 Å². The summed E-state index contributed by atoms with van der Waals surface area (Å²) in [5, 5.41) is 0.754. The summed E-state index contributed by atoms with van der Waals surface area (Å²) in [6.07, 6.45) is 0.829. The molecule has 0 amide bonds. The Morgan fingerprint density at radius 3 is 2.61 bits per heavy atom. The lowest BCUT2D eigenvalue weighted by Gasteiger charge is -2.09. The van der Waals surface area contributed by atoms with Gasteiger partial charge in [0.25, 0.3) is 0 Å². The van der Waals surface area contributed by atoms with Gasteiger partial charge in [-0.1, -0.05) is 19.1 Å². The van der Waals surface area contributed by atoms with Crippen LogP contribution in [0.5, 0.6) is 5.75 Å². The van der Waals surface area contributed by atoms with Gasteiger partial charge < -0.3 is 9.15 Å². The molecule has 0 atom stereocenters. The van der Waals surface area contributed by atoms with Gasteiger partial charge in [0.15, 0.2) is 11.6 Å². The minimum absolute atomic E-state index is 0.0542. The van der Waals surface area contributed by atoms with Gasteiger partial charge in [0, 0.05) is 23.1 Å². The van der Waals surface area contributed by atoms with Crippen molar-refractivity contribution in [3.05, 3.63) is 75.6 Å². The third-order valence-corrected chi connectivity index (χ3v) is 3.59. The van der Waals surface area contributed by atoms with Crippen LogP contribution in [-0.4, -0.2) is 0 Å². The van der Waals surface area contributed by atoms with Crippen molar-refractivity contribution in [1.82, 2.24) is 0 Å². The normalized spacial score (nSPS) is 10.9. The van der Waals surface area contributed by atoms with Crippen molar-refractivity contribution in [2.45, 2.75) is 20.0 Å². The number of aryl methyl sites for hydroxylation is 1. The summed E-state index contributed by atoms with van der Waals surface area (Å²) >= 11 is 0. The SMILES string of the molecule is CCc1ccc2c(COc3ccc(F)c(F)c3)cc(=O)oc2c1. The van der Waals surface area contributed by atoms with Crippen LogP contribution in [0.4, 0.5) is 8.78 Å². The first-order valence-electron chi connectivity index (χ1n) is 7.20. The zero-order valence-electron chi connectivity index (χ0n) is 12.4. The number of halogens is 2. The van der Waals surface area contributed by atoms with Gasteiger partial charge in [0.2, 0.25) is 0 Å². The third kappa shape index (κ3) is 3.23. The van der Waals surface area contributed by atoms with E-state index < -0.39 is 17.3 Å². The van der Waals surface area contributed by atoms with Gasteiger partial charge in [0.05, 0.1) is 0 Å². The number of benzene rings is 2. The summed E-state index contributed by atoms with van der Waals surface area (Å²) < 4.78 is 36.8. The number of fused-ring (bicyclic) bond motifs is 1. The second-order valence-electron chi connectivity index (χ2n) is 5.14. The molecule has 0 aliphatic carbocycles. The topological polar surface area (TPSA) is 39.4 Å². The molecule has 0 unspecified atom stereocenters. The highest BCUT2D eigenvalue weighted by atomic mass is 19.2. The van der Waals surface area contributed by atoms with Crippen LogP contribution in [0.1, 0.15) is 18.1 Å². The van der Waals surface area contributed by atoms with Crippen molar-refractivity contribution in [2.24, 2.45) is 0 Å². The van der Waals surface area contributed by atoms with E-state index in [1.54, 1.807) is 0 Å². The van der Waals surface area contributed by atoms with Gasteiger partial charge in [0.1, 0.15) is 17.9 Å². The Labute approximate surface area is 131 Å². The second kappa shape index (κ2) is 6.20. The van der Waals surface area contributed by atoms with Crippen molar-refractivity contribution in [3.8, 4) is 5.75 Å². The molecule has 3 rings (SSSR count). The summed E-state index contributed by atoms with van der Waals surface area (Å²) in [6, 6.07) is 10.3. The molecule has 118 valence electrons. The average molecular weight is 316 g/mol. The molecule has 0 saturated carbocycles. The average Bonchev–Trinajstić information content (AvgIpc) is 2.54. The smallest absolute Gasteiger partial charge is 0.336 e. The van der Waals surface area contributed by atoms with E-state index in [1.165, 1.54) is 12.1 Å². The highest BCUT2D eigenvalue weighted by molar-refractivity contribution is 5.80. The standard InChI is InChI=1S/C18H14F2O3/c1-2-11-3-5-14-12(8-18(21)23-17(14)7-11)10-22-13-4-6-15(19)16(20)9-13/h3-9H,2,10H2,1H3. The van der Waals surface area contributed by atoms with Crippen LogP contribution in [0, 0.1) is 11.6 Å². The molecule has 3 nitrogen and oxygen atoms in total. The van der Waals surface area contributed by atoms with Gasteiger partial charge >= 0.3 is 5.63 Å². The summed E-state index contributed by atoms with van der Waals surface area (Å²) in [5.41, 5.74) is 1.69. The Hall–Kier alpha value is -2.69. The molecular formula is C18H14F2O3. The van der Waals surface area contributed by atoms with Crippen molar-refractivity contribution >= 4 is 11.0 Å². The Kier molecular flexibility index (Phi) is 4.10. The zero-order chi connectivity index (χ0) is 16.4. The maximum atomic E-state index is 13.2. The van der Waals surface area contributed by atoms with Crippen molar-refractivity contribution in [1.29, 1.82) is 0 Å². The minimum Gasteiger partial charge on any atom is -0.489 e. The molecule has 0 N–H and O–H groups in total. The number of ether oxygens (including phenoxy) is 1. The highest BCUT2D eigenvalue weighted by Crippen LogP contribution is 2.22. The lowest BCUT2D eigenvalue weighted by molar-refractivity contribution is 0.303. The first kappa shape index (κ1) is 15.2. The fraction of sp³-hybridized carbons (Fsp3) is 0.167. The first-order valence-corrected chi connectivity index (χ1v) is 7.20. The van der Waals surface area contributed by atoms with E-state index in [1.807, 2.05) is 25.1 Å². The monoisotopic (exact) mass is 316 g/mol. The van der Waals surface area contributed by atoms with E-state index >= 15 is 0 Å². The van der Waals surface area contributed by atoms with Gasteiger partial charge in [-0.3, -0.25) is 0 Å². The Morgan fingerprint density at radius 1 is 1.04 bits per heavy atom. The van der Waals surface area contributed by atoms with E-state index in [2.05, 4.69) is 0 Å². The molecule has 23 heavy (non-hydrogen) atoms. The second-order valence-corrected chi connectivity index (χ2v) is 5.14. The van der Waals surface area contributed by atoms with E-state index in [9.17, 15) is 13.6 Å². The largest absolute Gasteiger partial charge is 0.489 e. The maximum absolute atomic E-state index is 13.2. The van der Waals surface area contributed by atoms with Gasteiger partial charge in [-0.05, 0) is 30.2 Å². The number of rotatable bonds is 4. The highest BCUT2D eigenvalue weighted by Gasteiger charge is 2.08. The fourth-order valence-electron chi connectivity index (χ4n) is 2.34. The van der Waals surface area contributed by atoms with Crippen LogP contribution < -0.4 is 10.4 Å². The van der Waals surface area contributed by atoms with Gasteiger partial charge in [-0.2, -0.15) is 0 Å². The van der Waals surface area contributed by atoms with E-state index in [0.29, 0.717) is 11.1 Å². The minimum atomic E-state index is -0.979. The van der Waals surface area contributed by atoms with Crippen molar-refractivity contribution in [3.63, 3.8) is 0 Å². The predicted octanol–water partition coefficient (Wildman–Crippen LogP) is 4.21. The molecule has 1 heterocycles. The van der Waals surface area contributed by atoms with E-state index in [4.69, 9.17) is 9.15 Å². The molecule has 0 aliphatic heterocycles. The molecule has 2 aromatic carbocycles. The molecule has 5 heteroatoms. The number of hydrogen-bond donors (Lipinski definition) is 0. The quantitative estimate of drug-likeness (QED) is 0.677. The summed E-state index contributed by atoms with van der Waals surface area (Å²) in [4.78, 5) is 11.7. The molecular weight excluding hydrogens is 302 g/mol. The summed E-state index contributed by atoms with van der Waals surface area (Å²) in [5.74, 6) is -1.72.